The van der Waals surface area contributed by atoms with Gasteiger partial charge in [0.15, 0.2) is 0 Å². The van der Waals surface area contributed by atoms with E-state index in [1.54, 1.807) is 7.05 Å². The molecule has 0 radical (unpaired) electrons. The monoisotopic (exact) mass is 262 g/mol. The Labute approximate surface area is 104 Å². The Kier molecular flexibility index (Phi) is 4.59. The van der Waals surface area contributed by atoms with E-state index in [4.69, 9.17) is 5.73 Å². The summed E-state index contributed by atoms with van der Waals surface area (Å²) in [4.78, 5) is 0. The lowest BCUT2D eigenvalue weighted by atomic mass is 9.99. The topological polar surface area (TPSA) is 58.3 Å². The Morgan fingerprint density at radius 2 is 2.00 bits per heavy atom. The SMILES string of the molecule is CNC(C)CC(O)c1cc(C(F)(F)F)ccc1N. The van der Waals surface area contributed by atoms with Crippen LogP contribution in [0.5, 0.6) is 0 Å². The summed E-state index contributed by atoms with van der Waals surface area (Å²) in [6.07, 6.45) is -5.16. The second kappa shape index (κ2) is 5.58. The third-order valence-corrected chi connectivity index (χ3v) is 2.84. The molecule has 0 saturated carbocycles. The van der Waals surface area contributed by atoms with Gasteiger partial charge in [0, 0.05) is 17.3 Å². The van der Waals surface area contributed by atoms with Crippen molar-refractivity contribution in [2.24, 2.45) is 0 Å². The highest BCUT2D eigenvalue weighted by molar-refractivity contribution is 5.50. The predicted molar refractivity (Wildman–Crippen MR) is 64.0 cm³/mol. The highest BCUT2D eigenvalue weighted by Crippen LogP contribution is 2.33. The molecule has 1 rings (SSSR count). The molecule has 4 N–H and O–H groups in total. The zero-order chi connectivity index (χ0) is 13.9. The number of halogens is 3. The first-order chi connectivity index (χ1) is 8.25. The molecule has 0 aliphatic heterocycles. The smallest absolute Gasteiger partial charge is 0.398 e. The van der Waals surface area contributed by atoms with Crippen LogP contribution in [0.25, 0.3) is 0 Å². The first kappa shape index (κ1) is 14.8. The summed E-state index contributed by atoms with van der Waals surface area (Å²) in [7, 11) is 1.72. The maximum absolute atomic E-state index is 12.6. The van der Waals surface area contributed by atoms with E-state index in [1.165, 1.54) is 6.07 Å². The van der Waals surface area contributed by atoms with Crippen molar-refractivity contribution in [2.45, 2.75) is 31.7 Å². The third kappa shape index (κ3) is 3.61. The molecule has 0 bridgehead atoms. The van der Waals surface area contributed by atoms with E-state index in [1.807, 2.05) is 6.92 Å². The van der Waals surface area contributed by atoms with Crippen LogP contribution in [0.4, 0.5) is 18.9 Å². The first-order valence-electron chi connectivity index (χ1n) is 5.57. The number of nitrogen functional groups attached to an aromatic ring is 1. The summed E-state index contributed by atoms with van der Waals surface area (Å²) >= 11 is 0. The molecule has 2 atom stereocenters. The second-order valence-corrected chi connectivity index (χ2v) is 4.28. The molecule has 0 aliphatic rings. The Morgan fingerprint density at radius 3 is 2.50 bits per heavy atom. The van der Waals surface area contributed by atoms with E-state index in [0.717, 1.165) is 12.1 Å². The molecule has 1 aromatic rings. The first-order valence-corrected chi connectivity index (χ1v) is 5.57. The molecular weight excluding hydrogens is 245 g/mol. The van der Waals surface area contributed by atoms with E-state index in [2.05, 4.69) is 5.32 Å². The lowest BCUT2D eigenvalue weighted by molar-refractivity contribution is -0.137. The molecule has 0 saturated heterocycles. The average Bonchev–Trinajstić information content (AvgIpc) is 2.27. The van der Waals surface area contributed by atoms with Gasteiger partial charge < -0.3 is 16.2 Å². The molecule has 0 amide bonds. The zero-order valence-corrected chi connectivity index (χ0v) is 10.3. The lowest BCUT2D eigenvalue weighted by Crippen LogP contribution is -2.24. The number of nitrogens with two attached hydrogens (primary N) is 1. The van der Waals surface area contributed by atoms with Gasteiger partial charge in [0.1, 0.15) is 0 Å². The van der Waals surface area contributed by atoms with Gasteiger partial charge in [-0.25, -0.2) is 0 Å². The number of alkyl halides is 3. The van der Waals surface area contributed by atoms with Crippen molar-refractivity contribution in [3.63, 3.8) is 0 Å². The van der Waals surface area contributed by atoms with E-state index >= 15 is 0 Å². The number of hydrogen-bond acceptors (Lipinski definition) is 3. The van der Waals surface area contributed by atoms with Crippen LogP contribution in [0.1, 0.15) is 30.6 Å². The van der Waals surface area contributed by atoms with Gasteiger partial charge in [-0.15, -0.1) is 0 Å². The van der Waals surface area contributed by atoms with Crippen molar-refractivity contribution in [3.8, 4) is 0 Å². The van der Waals surface area contributed by atoms with Gasteiger partial charge >= 0.3 is 6.18 Å². The highest BCUT2D eigenvalue weighted by Gasteiger charge is 2.31. The standard InChI is InChI=1S/C12H17F3N2O/c1-7(17-2)5-11(18)9-6-8(12(13,14)15)3-4-10(9)16/h3-4,6-7,11,17-18H,5,16H2,1-2H3. The normalized spacial score (nSPS) is 15.4. The highest BCUT2D eigenvalue weighted by atomic mass is 19.4. The van der Waals surface area contributed by atoms with Gasteiger partial charge in [0.2, 0.25) is 0 Å². The van der Waals surface area contributed by atoms with Gasteiger partial charge in [-0.2, -0.15) is 13.2 Å². The van der Waals surface area contributed by atoms with Gasteiger partial charge in [0.05, 0.1) is 11.7 Å². The van der Waals surface area contributed by atoms with Crippen LogP contribution in [0, 0.1) is 0 Å². The molecule has 0 heterocycles. The molecule has 3 nitrogen and oxygen atoms in total. The number of aliphatic hydroxyl groups excluding tert-OH is 1. The minimum atomic E-state index is -4.43. The van der Waals surface area contributed by atoms with Gasteiger partial charge in [-0.1, -0.05) is 0 Å². The number of rotatable bonds is 4. The van der Waals surface area contributed by atoms with Gasteiger partial charge in [-0.05, 0) is 38.6 Å². The molecule has 18 heavy (non-hydrogen) atoms. The predicted octanol–water partition coefficient (Wildman–Crippen LogP) is 2.32. The molecule has 0 aliphatic carbocycles. The van der Waals surface area contributed by atoms with Crippen LogP contribution >= 0.6 is 0 Å². The van der Waals surface area contributed by atoms with E-state index < -0.39 is 17.8 Å². The van der Waals surface area contributed by atoms with E-state index in [-0.39, 0.29) is 17.3 Å². The molecule has 1 aromatic carbocycles. The summed E-state index contributed by atoms with van der Waals surface area (Å²) in [5, 5.41) is 12.8. The Bertz CT molecular complexity index is 407. The van der Waals surface area contributed by atoms with Crippen molar-refractivity contribution in [2.75, 3.05) is 12.8 Å². The fourth-order valence-corrected chi connectivity index (χ4v) is 1.62. The van der Waals surface area contributed by atoms with Crippen molar-refractivity contribution in [1.82, 2.24) is 5.32 Å². The Hall–Kier alpha value is -1.27. The second-order valence-electron chi connectivity index (χ2n) is 4.28. The number of anilines is 1. The molecule has 0 aromatic heterocycles. The number of nitrogens with one attached hydrogen (secondary N) is 1. The maximum atomic E-state index is 12.6. The molecule has 0 spiro atoms. The Balaban J connectivity index is 3.00. The third-order valence-electron chi connectivity index (χ3n) is 2.84. The van der Waals surface area contributed by atoms with Crippen molar-refractivity contribution in [1.29, 1.82) is 0 Å². The zero-order valence-electron chi connectivity index (χ0n) is 10.3. The molecule has 6 heteroatoms. The minimum absolute atomic E-state index is 0.0195. The molecule has 0 fully saturated rings. The fourth-order valence-electron chi connectivity index (χ4n) is 1.62. The molecule has 2 unspecified atom stereocenters. The Morgan fingerprint density at radius 1 is 1.39 bits per heavy atom. The van der Waals surface area contributed by atoms with Crippen LogP contribution in [0.3, 0.4) is 0 Å². The van der Waals surface area contributed by atoms with Gasteiger partial charge in [0.25, 0.3) is 0 Å². The molecular formula is C12H17F3N2O. The maximum Gasteiger partial charge on any atom is 0.416 e. The summed E-state index contributed by atoms with van der Waals surface area (Å²) < 4.78 is 37.7. The summed E-state index contributed by atoms with van der Waals surface area (Å²) in [5.41, 5.74) is 5.08. The lowest BCUT2D eigenvalue weighted by Gasteiger charge is -2.19. The summed E-state index contributed by atoms with van der Waals surface area (Å²) in [6, 6.07) is 2.97. The van der Waals surface area contributed by atoms with Crippen LogP contribution < -0.4 is 11.1 Å². The summed E-state index contributed by atoms with van der Waals surface area (Å²) in [6.45, 7) is 1.83. The average molecular weight is 262 g/mol. The number of aliphatic hydroxyl groups is 1. The van der Waals surface area contributed by atoms with Crippen LogP contribution in [-0.2, 0) is 6.18 Å². The van der Waals surface area contributed by atoms with Crippen molar-refractivity contribution in [3.05, 3.63) is 29.3 Å². The van der Waals surface area contributed by atoms with Crippen LogP contribution in [0.2, 0.25) is 0 Å². The van der Waals surface area contributed by atoms with E-state index in [0.29, 0.717) is 6.42 Å². The summed E-state index contributed by atoms with van der Waals surface area (Å²) in [5.74, 6) is 0. The minimum Gasteiger partial charge on any atom is -0.398 e. The van der Waals surface area contributed by atoms with Crippen LogP contribution in [-0.4, -0.2) is 18.2 Å². The fraction of sp³-hybridized carbons (Fsp3) is 0.500. The van der Waals surface area contributed by atoms with Gasteiger partial charge in [-0.3, -0.25) is 0 Å². The van der Waals surface area contributed by atoms with E-state index in [9.17, 15) is 18.3 Å². The van der Waals surface area contributed by atoms with Crippen molar-refractivity contribution < 1.29 is 18.3 Å². The number of hydrogen-bond donors (Lipinski definition) is 3. The largest absolute Gasteiger partial charge is 0.416 e. The van der Waals surface area contributed by atoms with Crippen molar-refractivity contribution >= 4 is 5.69 Å². The molecule has 102 valence electrons. The quantitative estimate of drug-likeness (QED) is 0.730. The van der Waals surface area contributed by atoms with Crippen LogP contribution in [0.15, 0.2) is 18.2 Å². The number of benzene rings is 1.